The molecule has 47 heavy (non-hydrogen) atoms. The van der Waals surface area contributed by atoms with Crippen LogP contribution in [0.3, 0.4) is 0 Å². The third-order valence-corrected chi connectivity index (χ3v) is 6.76. The number of aromatic nitrogens is 7. The molecule has 1 amide bonds. The summed E-state index contributed by atoms with van der Waals surface area (Å²) >= 11 is 0. The maximum Gasteiger partial charge on any atom is 0.342 e. The molecule has 0 aliphatic carbocycles. The van der Waals surface area contributed by atoms with Crippen LogP contribution in [0.1, 0.15) is 50.8 Å². The summed E-state index contributed by atoms with van der Waals surface area (Å²) in [5.41, 5.74) is -1.26. The van der Waals surface area contributed by atoms with E-state index in [1.807, 2.05) is 6.92 Å². The number of amides is 1. The zero-order valence-corrected chi connectivity index (χ0v) is 24.2. The van der Waals surface area contributed by atoms with Crippen molar-refractivity contribution in [2.75, 3.05) is 6.54 Å². The van der Waals surface area contributed by atoms with Gasteiger partial charge in [0.1, 0.15) is 22.5 Å². The topological polar surface area (TPSA) is 264 Å². The van der Waals surface area contributed by atoms with E-state index in [4.69, 9.17) is 0 Å². The third kappa shape index (κ3) is 6.62. The highest BCUT2D eigenvalue weighted by Gasteiger charge is 2.23. The number of carboxylic acid groups (broad SMARTS) is 2. The predicted octanol–water partition coefficient (Wildman–Crippen LogP) is 3.32. The quantitative estimate of drug-likeness (QED) is 0.100. The fourth-order valence-corrected chi connectivity index (χ4v) is 4.41. The SMILES string of the molecule is CCCCNC(=O)c1cc(-c2cn(-c3ccc(C(=O)O)c([N+](=O)[O-])c3)nn2)nc(-c2cn(-c3ccc(C(=O)O)c([N+](=O)[O-])c3)nn2)c1. The molecule has 19 heteroatoms. The Balaban J connectivity index is 1.55. The van der Waals surface area contributed by atoms with E-state index in [0.717, 1.165) is 37.1 Å². The fraction of sp³-hybridized carbons (Fsp3) is 0.143. The first-order valence-corrected chi connectivity index (χ1v) is 13.7. The number of rotatable bonds is 12. The van der Waals surface area contributed by atoms with Crippen LogP contribution in [-0.4, -0.2) is 79.4 Å². The normalized spacial score (nSPS) is 10.8. The molecule has 19 nitrogen and oxygen atoms in total. The van der Waals surface area contributed by atoms with E-state index >= 15 is 0 Å². The van der Waals surface area contributed by atoms with Gasteiger partial charge in [-0.25, -0.2) is 23.9 Å². The molecule has 238 valence electrons. The number of pyridine rings is 1. The Labute approximate surface area is 262 Å². The number of hydrogen-bond acceptors (Lipinski definition) is 12. The first-order valence-electron chi connectivity index (χ1n) is 13.7. The molecule has 0 unspecified atom stereocenters. The Bertz CT molecular complexity index is 1940. The van der Waals surface area contributed by atoms with Gasteiger partial charge in [-0.05, 0) is 42.8 Å². The maximum absolute atomic E-state index is 13.1. The fourth-order valence-electron chi connectivity index (χ4n) is 4.41. The molecular weight excluding hydrogens is 620 g/mol. The number of nitro groups is 2. The van der Waals surface area contributed by atoms with Gasteiger partial charge in [-0.2, -0.15) is 0 Å². The van der Waals surface area contributed by atoms with Crippen LogP contribution in [0.5, 0.6) is 0 Å². The van der Waals surface area contributed by atoms with Crippen LogP contribution in [0.2, 0.25) is 0 Å². The average Bonchev–Trinajstić information content (AvgIpc) is 3.75. The van der Waals surface area contributed by atoms with E-state index < -0.39 is 50.2 Å². The molecular formula is C28H22N10O9. The van der Waals surface area contributed by atoms with Crippen molar-refractivity contribution < 1.29 is 34.4 Å². The molecule has 0 atom stereocenters. The van der Waals surface area contributed by atoms with Crippen molar-refractivity contribution >= 4 is 29.2 Å². The minimum atomic E-state index is -1.47. The molecule has 3 aromatic heterocycles. The number of aromatic carboxylic acids is 2. The molecule has 0 bridgehead atoms. The van der Waals surface area contributed by atoms with Crippen LogP contribution < -0.4 is 5.32 Å². The number of nitro benzene ring substituents is 2. The molecule has 0 aliphatic heterocycles. The Hall–Kier alpha value is -6.92. The van der Waals surface area contributed by atoms with Crippen LogP contribution in [0.15, 0.2) is 60.9 Å². The summed E-state index contributed by atoms with van der Waals surface area (Å²) in [4.78, 5) is 61.7. The van der Waals surface area contributed by atoms with Gasteiger partial charge in [0.2, 0.25) is 0 Å². The standard InChI is InChI=1S/C28H22N10O9/c1-2-3-8-29-26(39)15-9-20(22-13-35(33-31-22)16-4-6-18(27(40)41)24(11-16)37(44)45)30-21(10-15)23-14-36(34-32-23)17-5-7-19(28(42)43)25(12-17)38(46)47/h4-7,9-14H,2-3,8H2,1H3,(H,29,39)(H,40,41)(H,42,43). The summed E-state index contributed by atoms with van der Waals surface area (Å²) in [5.74, 6) is -3.37. The average molecular weight is 643 g/mol. The number of nitrogens with zero attached hydrogens (tertiary/aromatic N) is 9. The number of nitrogens with one attached hydrogen (secondary N) is 1. The molecule has 5 aromatic rings. The van der Waals surface area contributed by atoms with Gasteiger partial charge in [-0.15, -0.1) is 10.2 Å². The third-order valence-electron chi connectivity index (χ3n) is 6.76. The smallest absolute Gasteiger partial charge is 0.342 e. The maximum atomic E-state index is 13.1. The first-order chi connectivity index (χ1) is 22.5. The highest BCUT2D eigenvalue weighted by atomic mass is 16.6. The van der Waals surface area contributed by atoms with Crippen LogP contribution >= 0.6 is 0 Å². The second kappa shape index (κ2) is 13.0. The number of carbonyl (C=O) groups is 3. The minimum Gasteiger partial charge on any atom is -0.477 e. The molecule has 0 radical (unpaired) electrons. The van der Waals surface area contributed by atoms with Gasteiger partial charge in [0.05, 0.1) is 45.0 Å². The van der Waals surface area contributed by atoms with E-state index in [1.165, 1.54) is 46.0 Å². The molecule has 0 aliphatic rings. The van der Waals surface area contributed by atoms with Crippen molar-refractivity contribution in [3.8, 4) is 34.2 Å². The molecule has 2 aromatic carbocycles. The molecule has 5 rings (SSSR count). The molecule has 0 fully saturated rings. The van der Waals surface area contributed by atoms with Crippen molar-refractivity contribution in [2.24, 2.45) is 0 Å². The van der Waals surface area contributed by atoms with Gasteiger partial charge in [-0.3, -0.25) is 25.0 Å². The molecule has 3 N–H and O–H groups in total. The van der Waals surface area contributed by atoms with Gasteiger partial charge < -0.3 is 15.5 Å². The highest BCUT2D eigenvalue weighted by Crippen LogP contribution is 2.27. The van der Waals surface area contributed by atoms with Crippen LogP contribution in [-0.2, 0) is 0 Å². The van der Waals surface area contributed by atoms with Crippen LogP contribution in [0.4, 0.5) is 11.4 Å². The number of carboxylic acids is 2. The molecule has 0 saturated heterocycles. The van der Waals surface area contributed by atoms with Gasteiger partial charge in [0.15, 0.2) is 0 Å². The van der Waals surface area contributed by atoms with Gasteiger partial charge in [0.25, 0.3) is 17.3 Å². The Morgan fingerprint density at radius 1 is 0.766 bits per heavy atom. The van der Waals surface area contributed by atoms with E-state index in [9.17, 15) is 44.8 Å². The number of carbonyl (C=O) groups excluding carboxylic acids is 1. The van der Waals surface area contributed by atoms with Crippen molar-refractivity contribution in [1.29, 1.82) is 0 Å². The van der Waals surface area contributed by atoms with E-state index in [0.29, 0.717) is 6.54 Å². The Kier molecular flexibility index (Phi) is 8.70. The highest BCUT2D eigenvalue weighted by molar-refractivity contribution is 5.96. The van der Waals surface area contributed by atoms with Crippen LogP contribution in [0.25, 0.3) is 34.2 Å². The molecule has 0 spiro atoms. The van der Waals surface area contributed by atoms with Crippen LogP contribution in [0, 0.1) is 20.2 Å². The molecule has 3 heterocycles. The zero-order chi connectivity index (χ0) is 33.8. The Morgan fingerprint density at radius 3 is 1.64 bits per heavy atom. The summed E-state index contributed by atoms with van der Waals surface area (Å²) in [6, 6.07) is 9.74. The summed E-state index contributed by atoms with van der Waals surface area (Å²) in [6.45, 7) is 2.38. The lowest BCUT2D eigenvalue weighted by Gasteiger charge is -2.07. The lowest BCUT2D eigenvalue weighted by atomic mass is 10.1. The van der Waals surface area contributed by atoms with E-state index in [2.05, 4.69) is 30.9 Å². The summed E-state index contributed by atoms with van der Waals surface area (Å²) < 4.78 is 2.35. The largest absolute Gasteiger partial charge is 0.477 e. The zero-order valence-electron chi connectivity index (χ0n) is 24.2. The first kappa shape index (κ1) is 31.5. The Morgan fingerprint density at radius 2 is 1.23 bits per heavy atom. The van der Waals surface area contributed by atoms with Crippen molar-refractivity contribution in [3.63, 3.8) is 0 Å². The van der Waals surface area contributed by atoms with Crippen molar-refractivity contribution in [1.82, 2.24) is 40.3 Å². The van der Waals surface area contributed by atoms with Gasteiger partial charge >= 0.3 is 11.9 Å². The predicted molar refractivity (Wildman–Crippen MR) is 159 cm³/mol. The lowest BCUT2D eigenvalue weighted by Crippen LogP contribution is -2.24. The number of benzene rings is 2. The summed E-state index contributed by atoms with van der Waals surface area (Å²) in [6.07, 6.45) is 4.34. The summed E-state index contributed by atoms with van der Waals surface area (Å²) in [5, 5.41) is 60.5. The van der Waals surface area contributed by atoms with E-state index in [1.54, 1.807) is 0 Å². The van der Waals surface area contributed by atoms with E-state index in [-0.39, 0.29) is 39.7 Å². The minimum absolute atomic E-state index is 0.139. The second-order valence-electron chi connectivity index (χ2n) is 9.86. The van der Waals surface area contributed by atoms with Crippen molar-refractivity contribution in [2.45, 2.75) is 19.8 Å². The van der Waals surface area contributed by atoms with Crippen molar-refractivity contribution in [3.05, 3.63) is 97.8 Å². The second-order valence-corrected chi connectivity index (χ2v) is 9.86. The van der Waals surface area contributed by atoms with Gasteiger partial charge in [-0.1, -0.05) is 23.8 Å². The monoisotopic (exact) mass is 642 g/mol. The number of hydrogen-bond donors (Lipinski definition) is 3. The lowest BCUT2D eigenvalue weighted by molar-refractivity contribution is -0.385. The summed E-state index contributed by atoms with van der Waals surface area (Å²) in [7, 11) is 0. The molecule has 0 saturated carbocycles. The number of unbranched alkanes of at least 4 members (excludes halogenated alkanes) is 1. The van der Waals surface area contributed by atoms with Gasteiger partial charge in [0, 0.05) is 24.2 Å².